The topological polar surface area (TPSA) is 55.1 Å². The summed E-state index contributed by atoms with van der Waals surface area (Å²) in [7, 11) is 0. The van der Waals surface area contributed by atoms with Gasteiger partial charge in [0.05, 0.1) is 5.57 Å². The van der Waals surface area contributed by atoms with Crippen molar-refractivity contribution in [3.63, 3.8) is 0 Å². The Balaban J connectivity index is 2.70. The number of primary amides is 1. The van der Waals surface area contributed by atoms with E-state index in [4.69, 9.17) is 5.73 Å². The van der Waals surface area contributed by atoms with Crippen LogP contribution in [0.1, 0.15) is 5.56 Å². The average molecular weight is 268 g/mol. The van der Waals surface area contributed by atoms with E-state index in [1.165, 1.54) is 30.3 Å². The maximum absolute atomic E-state index is 13.5. The molecule has 100 valence electrons. The van der Waals surface area contributed by atoms with E-state index < -0.39 is 23.2 Å². The molecule has 1 unspecified atom stereocenters. The van der Waals surface area contributed by atoms with Crippen molar-refractivity contribution in [2.24, 2.45) is 5.73 Å². The molecule has 0 spiro atoms. The van der Waals surface area contributed by atoms with E-state index in [0.717, 1.165) is 12.3 Å². The SMILES string of the molecule is NC(=O)C1=CC=CNC1(c1ccccc1)C(F)(F)F. The number of benzene rings is 1. The molecule has 0 saturated carbocycles. The number of allylic oxidation sites excluding steroid dienone is 2. The lowest BCUT2D eigenvalue weighted by Crippen LogP contribution is -2.56. The summed E-state index contributed by atoms with van der Waals surface area (Å²) in [5, 5.41) is 2.25. The van der Waals surface area contributed by atoms with Crippen molar-refractivity contribution in [2.75, 3.05) is 0 Å². The monoisotopic (exact) mass is 268 g/mol. The Morgan fingerprint density at radius 2 is 1.84 bits per heavy atom. The Morgan fingerprint density at radius 3 is 2.37 bits per heavy atom. The van der Waals surface area contributed by atoms with Crippen molar-refractivity contribution in [3.05, 3.63) is 59.8 Å². The van der Waals surface area contributed by atoms with Gasteiger partial charge in [0, 0.05) is 0 Å². The number of halogens is 3. The number of hydrogen-bond acceptors (Lipinski definition) is 2. The van der Waals surface area contributed by atoms with Gasteiger partial charge >= 0.3 is 6.18 Å². The highest BCUT2D eigenvalue weighted by atomic mass is 19.4. The molecular formula is C13H11F3N2O. The molecule has 3 nitrogen and oxygen atoms in total. The summed E-state index contributed by atoms with van der Waals surface area (Å²) in [6.45, 7) is 0. The number of amides is 1. The van der Waals surface area contributed by atoms with Gasteiger partial charge in [0.2, 0.25) is 5.91 Å². The van der Waals surface area contributed by atoms with Crippen LogP contribution in [0.15, 0.2) is 54.3 Å². The van der Waals surface area contributed by atoms with E-state index in [1.807, 2.05) is 0 Å². The van der Waals surface area contributed by atoms with Crippen molar-refractivity contribution in [1.82, 2.24) is 5.32 Å². The van der Waals surface area contributed by atoms with Crippen LogP contribution < -0.4 is 11.1 Å². The molecule has 0 aromatic heterocycles. The Labute approximate surface area is 107 Å². The highest BCUT2D eigenvalue weighted by Crippen LogP contribution is 2.45. The van der Waals surface area contributed by atoms with Gasteiger partial charge in [0.25, 0.3) is 0 Å². The van der Waals surface area contributed by atoms with Gasteiger partial charge in [-0.3, -0.25) is 4.79 Å². The minimum atomic E-state index is -4.71. The van der Waals surface area contributed by atoms with Crippen LogP contribution in [0, 0.1) is 0 Å². The fraction of sp³-hybridized carbons (Fsp3) is 0.154. The first-order chi connectivity index (χ1) is 8.89. The van der Waals surface area contributed by atoms with Gasteiger partial charge in [-0.15, -0.1) is 0 Å². The first-order valence-corrected chi connectivity index (χ1v) is 5.46. The number of carbonyl (C=O) groups excluding carboxylic acids is 1. The number of dihydropyridines is 1. The molecule has 1 aromatic carbocycles. The zero-order chi connectivity index (χ0) is 14.1. The first-order valence-electron chi connectivity index (χ1n) is 5.46. The van der Waals surface area contributed by atoms with Gasteiger partial charge in [-0.1, -0.05) is 30.3 Å². The molecule has 2 rings (SSSR count). The van der Waals surface area contributed by atoms with E-state index >= 15 is 0 Å². The smallest absolute Gasteiger partial charge is 0.370 e. The third-order valence-electron chi connectivity index (χ3n) is 2.96. The van der Waals surface area contributed by atoms with Gasteiger partial charge < -0.3 is 11.1 Å². The maximum atomic E-state index is 13.5. The number of rotatable bonds is 2. The molecule has 1 atom stereocenters. The Morgan fingerprint density at radius 1 is 1.21 bits per heavy atom. The molecule has 6 heteroatoms. The summed E-state index contributed by atoms with van der Waals surface area (Å²) >= 11 is 0. The van der Waals surface area contributed by atoms with Crippen LogP contribution in [0.2, 0.25) is 0 Å². The lowest BCUT2D eigenvalue weighted by atomic mass is 9.80. The number of hydrogen-bond donors (Lipinski definition) is 2. The van der Waals surface area contributed by atoms with Gasteiger partial charge in [-0.2, -0.15) is 13.2 Å². The fourth-order valence-electron chi connectivity index (χ4n) is 2.11. The van der Waals surface area contributed by atoms with Crippen LogP contribution >= 0.6 is 0 Å². The van der Waals surface area contributed by atoms with Gasteiger partial charge in [-0.05, 0) is 23.9 Å². The van der Waals surface area contributed by atoms with Gasteiger partial charge in [0.1, 0.15) is 0 Å². The fourth-order valence-corrected chi connectivity index (χ4v) is 2.11. The Hall–Kier alpha value is -2.24. The van der Waals surface area contributed by atoms with E-state index in [1.54, 1.807) is 6.07 Å². The molecule has 0 fully saturated rings. The van der Waals surface area contributed by atoms with Crippen molar-refractivity contribution >= 4 is 5.91 Å². The molecular weight excluding hydrogens is 257 g/mol. The van der Waals surface area contributed by atoms with Crippen molar-refractivity contribution in [2.45, 2.75) is 11.7 Å². The second kappa shape index (κ2) is 4.46. The summed E-state index contributed by atoms with van der Waals surface area (Å²) < 4.78 is 40.6. The molecule has 19 heavy (non-hydrogen) atoms. The third-order valence-corrected chi connectivity index (χ3v) is 2.96. The van der Waals surface area contributed by atoms with Crippen LogP contribution in [0.4, 0.5) is 13.2 Å². The van der Waals surface area contributed by atoms with Crippen LogP contribution in [0.5, 0.6) is 0 Å². The minimum absolute atomic E-state index is 0.0862. The molecule has 1 heterocycles. The van der Waals surface area contributed by atoms with E-state index in [-0.39, 0.29) is 5.56 Å². The number of carbonyl (C=O) groups is 1. The van der Waals surface area contributed by atoms with Gasteiger partial charge in [0.15, 0.2) is 5.54 Å². The van der Waals surface area contributed by atoms with Crippen molar-refractivity contribution in [1.29, 1.82) is 0 Å². The lowest BCUT2D eigenvalue weighted by Gasteiger charge is -2.38. The zero-order valence-corrected chi connectivity index (χ0v) is 9.74. The third kappa shape index (κ3) is 1.99. The van der Waals surface area contributed by atoms with Crippen LogP contribution in [-0.4, -0.2) is 12.1 Å². The predicted molar refractivity (Wildman–Crippen MR) is 63.7 cm³/mol. The molecule has 0 bridgehead atoms. The van der Waals surface area contributed by atoms with Crippen molar-refractivity contribution < 1.29 is 18.0 Å². The molecule has 0 aliphatic carbocycles. The Bertz CT molecular complexity index is 549. The summed E-state index contributed by atoms with van der Waals surface area (Å²) in [5.74, 6) is -1.11. The molecule has 3 N–H and O–H groups in total. The molecule has 0 radical (unpaired) electrons. The van der Waals surface area contributed by atoms with Crippen molar-refractivity contribution in [3.8, 4) is 0 Å². The zero-order valence-electron chi connectivity index (χ0n) is 9.74. The summed E-state index contributed by atoms with van der Waals surface area (Å²) in [6, 6.07) is 7.15. The number of nitrogens with two attached hydrogens (primary N) is 1. The number of nitrogens with one attached hydrogen (secondary N) is 1. The second-order valence-electron chi connectivity index (χ2n) is 4.06. The standard InChI is InChI=1S/C13H11F3N2O/c14-13(15,16)12(9-5-2-1-3-6-9)10(11(17)19)7-4-8-18-12/h1-8,18H,(H2,17,19). The summed E-state index contributed by atoms with van der Waals surface area (Å²) in [5.41, 5.74) is 1.87. The van der Waals surface area contributed by atoms with E-state index in [2.05, 4.69) is 5.32 Å². The largest absolute Gasteiger partial charge is 0.420 e. The van der Waals surface area contributed by atoms with Gasteiger partial charge in [-0.25, -0.2) is 0 Å². The minimum Gasteiger partial charge on any atom is -0.370 e. The highest BCUT2D eigenvalue weighted by Gasteiger charge is 2.60. The molecule has 0 saturated heterocycles. The highest BCUT2D eigenvalue weighted by molar-refractivity contribution is 5.95. The quantitative estimate of drug-likeness (QED) is 0.861. The van der Waals surface area contributed by atoms with E-state index in [0.29, 0.717) is 0 Å². The number of alkyl halides is 3. The lowest BCUT2D eigenvalue weighted by molar-refractivity contribution is -0.187. The summed E-state index contributed by atoms with van der Waals surface area (Å²) in [4.78, 5) is 11.4. The molecule has 1 aliphatic rings. The predicted octanol–water partition coefficient (Wildman–Crippen LogP) is 1.97. The van der Waals surface area contributed by atoms with E-state index in [9.17, 15) is 18.0 Å². The molecule has 1 amide bonds. The van der Waals surface area contributed by atoms with Crippen LogP contribution in [-0.2, 0) is 10.3 Å². The molecule has 1 aliphatic heterocycles. The second-order valence-corrected chi connectivity index (χ2v) is 4.06. The molecule has 1 aromatic rings. The van der Waals surface area contributed by atoms with Crippen LogP contribution in [0.25, 0.3) is 0 Å². The summed E-state index contributed by atoms with van der Waals surface area (Å²) in [6.07, 6.45) is -1.17. The first kappa shape index (κ1) is 13.2. The maximum Gasteiger partial charge on any atom is 0.420 e. The Kier molecular flexibility index (Phi) is 3.09. The normalized spacial score (nSPS) is 22.6. The van der Waals surface area contributed by atoms with Crippen LogP contribution in [0.3, 0.4) is 0 Å². The average Bonchev–Trinajstić information content (AvgIpc) is 2.38.